The van der Waals surface area contributed by atoms with Crippen LogP contribution < -0.4 is 5.32 Å². The van der Waals surface area contributed by atoms with Crippen LogP contribution in [0.3, 0.4) is 0 Å². The third kappa shape index (κ3) is 3.23. The highest BCUT2D eigenvalue weighted by Gasteiger charge is 2.30. The summed E-state index contributed by atoms with van der Waals surface area (Å²) in [6.07, 6.45) is 8.55. The zero-order valence-electron chi connectivity index (χ0n) is 14.9. The normalized spacial score (nSPS) is 23.7. The van der Waals surface area contributed by atoms with Crippen molar-refractivity contribution in [3.05, 3.63) is 63.5 Å². The van der Waals surface area contributed by atoms with Gasteiger partial charge in [-0.25, -0.2) is 0 Å². The molecule has 0 spiro atoms. The number of aryl methyl sites for hydroxylation is 1. The lowest BCUT2D eigenvalue weighted by molar-refractivity contribution is 0.300. The minimum atomic E-state index is 0.250. The van der Waals surface area contributed by atoms with E-state index in [-0.39, 0.29) is 6.04 Å². The Morgan fingerprint density at radius 3 is 2.72 bits per heavy atom. The molecule has 2 aliphatic heterocycles. The quantitative estimate of drug-likeness (QED) is 0.818. The average Bonchev–Trinajstić information content (AvgIpc) is 2.78. The molecular formula is C21H25ClN2O. The SMILES string of the molecule is COC1=CNC2C(=C1)CCc1cc(Cl)ccc1C2=C1CCN(C)CC1. The van der Waals surface area contributed by atoms with Crippen LogP contribution in [-0.2, 0) is 11.2 Å². The van der Waals surface area contributed by atoms with E-state index in [1.165, 1.54) is 22.3 Å². The van der Waals surface area contributed by atoms with Crippen molar-refractivity contribution in [2.75, 3.05) is 27.2 Å². The maximum Gasteiger partial charge on any atom is 0.134 e. The summed E-state index contributed by atoms with van der Waals surface area (Å²) in [7, 11) is 3.94. The first-order valence-electron chi connectivity index (χ1n) is 9.05. The number of methoxy groups -OCH3 is 1. The monoisotopic (exact) mass is 356 g/mol. The van der Waals surface area contributed by atoms with Crippen molar-refractivity contribution in [3.8, 4) is 0 Å². The number of benzene rings is 1. The largest absolute Gasteiger partial charge is 0.495 e. The van der Waals surface area contributed by atoms with Gasteiger partial charge < -0.3 is 15.0 Å². The standard InChI is InChI=1S/C21H25ClN2O/c1-24-9-7-14(8-10-24)20-19-6-5-17(22)11-15(19)3-4-16-12-18(25-2)13-23-21(16)20/h5-6,11-13,21,23H,3-4,7-10H2,1-2H3. The molecule has 1 aromatic rings. The molecule has 1 aliphatic carbocycles. The first kappa shape index (κ1) is 16.7. The van der Waals surface area contributed by atoms with E-state index in [4.69, 9.17) is 16.3 Å². The van der Waals surface area contributed by atoms with Crippen LogP contribution in [0.2, 0.25) is 5.02 Å². The maximum atomic E-state index is 6.30. The van der Waals surface area contributed by atoms with Gasteiger partial charge >= 0.3 is 0 Å². The van der Waals surface area contributed by atoms with Crippen LogP contribution >= 0.6 is 11.6 Å². The molecule has 1 saturated heterocycles. The molecule has 1 unspecified atom stereocenters. The van der Waals surface area contributed by atoms with Crippen LogP contribution in [0.4, 0.5) is 0 Å². The fourth-order valence-electron chi connectivity index (χ4n) is 4.20. The average molecular weight is 357 g/mol. The molecule has 25 heavy (non-hydrogen) atoms. The predicted molar refractivity (Wildman–Crippen MR) is 104 cm³/mol. The van der Waals surface area contributed by atoms with E-state index >= 15 is 0 Å². The summed E-state index contributed by atoms with van der Waals surface area (Å²) < 4.78 is 5.45. The molecule has 0 amide bonds. The maximum absolute atomic E-state index is 6.30. The number of fused-ring (bicyclic) bond motifs is 2. The molecule has 2 heterocycles. The summed E-state index contributed by atoms with van der Waals surface area (Å²) in [4.78, 5) is 2.41. The topological polar surface area (TPSA) is 24.5 Å². The number of ether oxygens (including phenoxy) is 1. The fraction of sp³-hybridized carbons (Fsp3) is 0.429. The van der Waals surface area contributed by atoms with Gasteiger partial charge in [0.25, 0.3) is 0 Å². The molecule has 1 N–H and O–H groups in total. The number of nitrogens with one attached hydrogen (secondary N) is 1. The molecule has 1 atom stereocenters. The second-order valence-electron chi connectivity index (χ2n) is 7.19. The van der Waals surface area contributed by atoms with Gasteiger partial charge in [-0.15, -0.1) is 0 Å². The van der Waals surface area contributed by atoms with E-state index in [0.29, 0.717) is 0 Å². The molecular weight excluding hydrogens is 332 g/mol. The molecule has 3 nitrogen and oxygen atoms in total. The fourth-order valence-corrected chi connectivity index (χ4v) is 4.40. The van der Waals surface area contributed by atoms with Crippen molar-refractivity contribution in [1.29, 1.82) is 0 Å². The number of rotatable bonds is 1. The summed E-state index contributed by atoms with van der Waals surface area (Å²) in [6.45, 7) is 2.26. The number of hydrogen-bond donors (Lipinski definition) is 1. The van der Waals surface area contributed by atoms with Gasteiger partial charge in [0.2, 0.25) is 0 Å². The number of hydrogen-bond acceptors (Lipinski definition) is 3. The molecule has 3 aliphatic rings. The molecule has 0 aromatic heterocycles. The highest BCUT2D eigenvalue weighted by atomic mass is 35.5. The summed E-state index contributed by atoms with van der Waals surface area (Å²) in [6, 6.07) is 6.65. The zero-order valence-corrected chi connectivity index (χ0v) is 15.7. The Morgan fingerprint density at radius 1 is 1.16 bits per heavy atom. The van der Waals surface area contributed by atoms with Crippen LogP contribution in [0, 0.1) is 0 Å². The van der Waals surface area contributed by atoms with E-state index in [1.807, 2.05) is 12.3 Å². The molecule has 0 radical (unpaired) electrons. The molecule has 0 bridgehead atoms. The lowest BCUT2D eigenvalue weighted by Gasteiger charge is -2.32. The summed E-state index contributed by atoms with van der Waals surface area (Å²) in [5, 5.41) is 4.44. The number of nitrogens with zero attached hydrogens (tertiary/aromatic N) is 1. The Balaban J connectivity index is 1.83. The summed E-state index contributed by atoms with van der Waals surface area (Å²) in [5.41, 5.74) is 7.20. The van der Waals surface area contributed by atoms with E-state index in [1.54, 1.807) is 12.7 Å². The second kappa shape index (κ2) is 6.89. The smallest absolute Gasteiger partial charge is 0.134 e. The number of allylic oxidation sites excluding steroid dienone is 1. The van der Waals surface area contributed by atoms with Crippen LogP contribution in [0.15, 0.2) is 47.4 Å². The van der Waals surface area contributed by atoms with Gasteiger partial charge in [0.1, 0.15) is 5.76 Å². The number of piperidine rings is 1. The number of likely N-dealkylation sites (tertiary alicyclic amines) is 1. The van der Waals surface area contributed by atoms with Crippen molar-refractivity contribution in [2.45, 2.75) is 31.7 Å². The lowest BCUT2D eigenvalue weighted by Crippen LogP contribution is -2.33. The Hall–Kier alpha value is -1.71. The van der Waals surface area contributed by atoms with E-state index in [0.717, 1.165) is 49.6 Å². The third-order valence-corrected chi connectivity index (χ3v) is 5.86. The van der Waals surface area contributed by atoms with Crippen molar-refractivity contribution >= 4 is 17.2 Å². The number of dihydropyridines is 1. The van der Waals surface area contributed by atoms with E-state index in [2.05, 4.69) is 35.5 Å². The van der Waals surface area contributed by atoms with Gasteiger partial charge in [-0.1, -0.05) is 23.2 Å². The molecule has 0 saturated carbocycles. The van der Waals surface area contributed by atoms with Crippen molar-refractivity contribution < 1.29 is 4.74 Å². The van der Waals surface area contributed by atoms with Crippen LogP contribution in [0.1, 0.15) is 30.4 Å². The van der Waals surface area contributed by atoms with Gasteiger partial charge in [0, 0.05) is 24.3 Å². The van der Waals surface area contributed by atoms with Crippen LogP contribution in [0.25, 0.3) is 5.57 Å². The Labute approximate surface area is 155 Å². The van der Waals surface area contributed by atoms with Gasteiger partial charge in [0.05, 0.1) is 13.2 Å². The molecule has 1 aromatic carbocycles. The van der Waals surface area contributed by atoms with Gasteiger partial charge in [0.15, 0.2) is 0 Å². The van der Waals surface area contributed by atoms with Gasteiger partial charge in [-0.2, -0.15) is 0 Å². The van der Waals surface area contributed by atoms with Crippen LogP contribution in [-0.4, -0.2) is 38.2 Å². The molecule has 132 valence electrons. The van der Waals surface area contributed by atoms with Crippen LogP contribution in [0.5, 0.6) is 0 Å². The molecule has 4 heteroatoms. The Kier molecular flexibility index (Phi) is 4.61. The number of halogens is 1. The highest BCUT2D eigenvalue weighted by Crippen LogP contribution is 2.40. The van der Waals surface area contributed by atoms with E-state index in [9.17, 15) is 0 Å². The summed E-state index contributed by atoms with van der Waals surface area (Å²) >= 11 is 6.30. The van der Waals surface area contributed by atoms with Crippen molar-refractivity contribution in [2.24, 2.45) is 0 Å². The zero-order chi connectivity index (χ0) is 17.4. The minimum absolute atomic E-state index is 0.250. The summed E-state index contributed by atoms with van der Waals surface area (Å²) in [5.74, 6) is 0.906. The minimum Gasteiger partial charge on any atom is -0.495 e. The predicted octanol–water partition coefficient (Wildman–Crippen LogP) is 4.15. The Morgan fingerprint density at radius 2 is 1.96 bits per heavy atom. The van der Waals surface area contributed by atoms with Crippen molar-refractivity contribution in [3.63, 3.8) is 0 Å². The van der Waals surface area contributed by atoms with Gasteiger partial charge in [-0.05, 0) is 73.2 Å². The van der Waals surface area contributed by atoms with Crippen molar-refractivity contribution in [1.82, 2.24) is 10.2 Å². The molecule has 4 rings (SSSR count). The lowest BCUT2D eigenvalue weighted by atomic mass is 9.85. The molecule has 1 fully saturated rings. The van der Waals surface area contributed by atoms with E-state index < -0.39 is 0 Å². The third-order valence-electron chi connectivity index (χ3n) is 5.63. The second-order valence-corrected chi connectivity index (χ2v) is 7.63. The highest BCUT2D eigenvalue weighted by molar-refractivity contribution is 6.30. The Bertz CT molecular complexity index is 768. The van der Waals surface area contributed by atoms with Gasteiger partial charge in [-0.3, -0.25) is 0 Å². The first-order chi connectivity index (χ1) is 12.2. The first-order valence-corrected chi connectivity index (χ1v) is 9.43.